The second kappa shape index (κ2) is 6.09. The van der Waals surface area contributed by atoms with Crippen molar-refractivity contribution in [1.82, 2.24) is 16.1 Å². The lowest BCUT2D eigenvalue weighted by Crippen LogP contribution is -2.14. The summed E-state index contributed by atoms with van der Waals surface area (Å²) in [6, 6.07) is 8.59. The van der Waals surface area contributed by atoms with Crippen LogP contribution >= 0.6 is 11.6 Å². The highest BCUT2D eigenvalue weighted by molar-refractivity contribution is 6.33. The molecule has 0 saturated carbocycles. The highest BCUT2D eigenvalue weighted by Crippen LogP contribution is 2.20. The van der Waals surface area contributed by atoms with Gasteiger partial charge in [0.15, 0.2) is 0 Å². The molecule has 0 atom stereocenters. The van der Waals surface area contributed by atoms with Crippen molar-refractivity contribution in [3.8, 4) is 0 Å². The molecule has 0 aliphatic heterocycles. The van der Waals surface area contributed by atoms with Gasteiger partial charge in [0.25, 0.3) is 5.91 Å². The zero-order chi connectivity index (χ0) is 12.3. The zero-order valence-corrected chi connectivity index (χ0v) is 10.6. The van der Waals surface area contributed by atoms with Gasteiger partial charge in [-0.3, -0.25) is 4.79 Å². The van der Waals surface area contributed by atoms with Crippen LogP contribution < -0.4 is 11.5 Å². The summed E-state index contributed by atoms with van der Waals surface area (Å²) >= 11 is 5.94. The number of anilines is 1. The summed E-state index contributed by atoms with van der Waals surface area (Å²) in [6.07, 6.45) is 1.55. The molecule has 2 rings (SSSR count). The Morgan fingerprint density at radius 3 is 2.67 bits per heavy atom. The normalized spacial score (nSPS) is 9.44. The van der Waals surface area contributed by atoms with Gasteiger partial charge in [0, 0.05) is 6.20 Å². The lowest BCUT2D eigenvalue weighted by molar-refractivity contribution is 0.102. The van der Waals surface area contributed by atoms with Crippen LogP contribution in [0.25, 0.3) is 0 Å². The molecule has 1 aromatic heterocycles. The SMILES string of the molecule is Cc1nccc(C(=O)Nc2ccccc2Cl)n1.N. The van der Waals surface area contributed by atoms with Crippen molar-refractivity contribution in [2.45, 2.75) is 6.92 Å². The molecule has 5 nitrogen and oxygen atoms in total. The Balaban J connectivity index is 0.00000162. The highest BCUT2D eigenvalue weighted by Gasteiger charge is 2.09. The fourth-order valence-corrected chi connectivity index (χ4v) is 1.51. The lowest BCUT2D eigenvalue weighted by Gasteiger charge is -2.06. The van der Waals surface area contributed by atoms with E-state index in [-0.39, 0.29) is 12.1 Å². The minimum absolute atomic E-state index is 0. The standard InChI is InChI=1S/C12H10ClN3O.H3N/c1-8-14-7-6-11(15-8)12(17)16-10-5-3-2-4-9(10)13;/h2-7H,1H3,(H,16,17);1H3. The molecule has 0 radical (unpaired) electrons. The molecule has 1 aromatic carbocycles. The Kier molecular flexibility index (Phi) is 4.76. The Morgan fingerprint density at radius 2 is 2.00 bits per heavy atom. The number of hydrogen-bond acceptors (Lipinski definition) is 4. The minimum atomic E-state index is -0.302. The summed E-state index contributed by atoms with van der Waals surface area (Å²) in [5.74, 6) is 0.250. The van der Waals surface area contributed by atoms with Gasteiger partial charge in [-0.1, -0.05) is 23.7 Å². The number of benzene rings is 1. The summed E-state index contributed by atoms with van der Waals surface area (Å²) in [5, 5.41) is 3.18. The molecule has 94 valence electrons. The van der Waals surface area contributed by atoms with Crippen LogP contribution in [0.4, 0.5) is 5.69 Å². The van der Waals surface area contributed by atoms with E-state index in [9.17, 15) is 4.79 Å². The van der Waals surface area contributed by atoms with Crippen molar-refractivity contribution >= 4 is 23.2 Å². The molecule has 18 heavy (non-hydrogen) atoms. The lowest BCUT2D eigenvalue weighted by atomic mass is 10.3. The van der Waals surface area contributed by atoms with E-state index in [1.165, 1.54) is 0 Å². The number of nitrogens with one attached hydrogen (secondary N) is 1. The van der Waals surface area contributed by atoms with Gasteiger partial charge in [-0.25, -0.2) is 9.97 Å². The molecule has 6 heteroatoms. The van der Waals surface area contributed by atoms with Crippen LogP contribution in [0.15, 0.2) is 36.5 Å². The van der Waals surface area contributed by atoms with Crippen molar-refractivity contribution in [3.63, 3.8) is 0 Å². The summed E-state index contributed by atoms with van der Waals surface area (Å²) in [7, 11) is 0. The molecule has 0 aliphatic carbocycles. The maximum Gasteiger partial charge on any atom is 0.274 e. The summed E-state index contributed by atoms with van der Waals surface area (Å²) in [5.41, 5.74) is 0.882. The van der Waals surface area contributed by atoms with Gasteiger partial charge >= 0.3 is 0 Å². The molecule has 0 fully saturated rings. The Labute approximate surface area is 110 Å². The number of para-hydroxylation sites is 1. The van der Waals surface area contributed by atoms with Crippen molar-refractivity contribution in [2.75, 3.05) is 5.32 Å². The molecule has 0 unspecified atom stereocenters. The first-order chi connectivity index (χ1) is 8.16. The number of nitrogens with zero attached hydrogens (tertiary/aromatic N) is 2. The van der Waals surface area contributed by atoms with Crippen LogP contribution in [0.3, 0.4) is 0 Å². The van der Waals surface area contributed by atoms with Crippen molar-refractivity contribution < 1.29 is 4.79 Å². The van der Waals surface area contributed by atoms with Crippen LogP contribution in [0.1, 0.15) is 16.3 Å². The van der Waals surface area contributed by atoms with Crippen molar-refractivity contribution in [2.24, 2.45) is 0 Å². The molecule has 1 amide bonds. The minimum Gasteiger partial charge on any atom is -0.344 e. The Morgan fingerprint density at radius 1 is 1.28 bits per heavy atom. The summed E-state index contributed by atoms with van der Waals surface area (Å²) in [6.45, 7) is 1.73. The van der Waals surface area contributed by atoms with Gasteiger partial charge < -0.3 is 11.5 Å². The van der Waals surface area contributed by atoms with E-state index in [1.54, 1.807) is 43.5 Å². The van der Waals surface area contributed by atoms with Gasteiger partial charge in [0.05, 0.1) is 10.7 Å². The molecule has 0 saturated heterocycles. The van der Waals surface area contributed by atoms with E-state index in [1.807, 2.05) is 0 Å². The zero-order valence-electron chi connectivity index (χ0n) is 9.85. The van der Waals surface area contributed by atoms with Gasteiger partial charge in [-0.15, -0.1) is 0 Å². The molecule has 1 heterocycles. The Bertz CT molecular complexity index is 559. The average Bonchev–Trinajstić information content (AvgIpc) is 2.32. The number of amides is 1. The third-order valence-corrected chi connectivity index (χ3v) is 2.46. The number of carbonyl (C=O) groups is 1. The van der Waals surface area contributed by atoms with Crippen LogP contribution in [0.2, 0.25) is 5.02 Å². The Hall–Kier alpha value is -1.98. The number of carbonyl (C=O) groups excluding carboxylic acids is 1. The average molecular weight is 265 g/mol. The highest BCUT2D eigenvalue weighted by atomic mass is 35.5. The third kappa shape index (κ3) is 3.26. The monoisotopic (exact) mass is 264 g/mol. The molecule has 0 spiro atoms. The number of aromatic nitrogens is 2. The maximum atomic E-state index is 11.9. The molecule has 4 N–H and O–H groups in total. The fraction of sp³-hybridized carbons (Fsp3) is 0.0833. The quantitative estimate of drug-likeness (QED) is 0.873. The number of rotatable bonds is 2. The second-order valence-electron chi connectivity index (χ2n) is 3.42. The molecule has 2 aromatic rings. The first kappa shape index (κ1) is 14.1. The molecule has 0 aliphatic rings. The van der Waals surface area contributed by atoms with Gasteiger partial charge in [0.1, 0.15) is 11.5 Å². The first-order valence-corrected chi connectivity index (χ1v) is 5.40. The number of hydrogen-bond donors (Lipinski definition) is 2. The molecular formula is C12H13ClN4O. The van der Waals surface area contributed by atoms with Crippen LogP contribution in [-0.2, 0) is 0 Å². The maximum absolute atomic E-state index is 11.9. The largest absolute Gasteiger partial charge is 0.344 e. The fourth-order valence-electron chi connectivity index (χ4n) is 1.33. The van der Waals surface area contributed by atoms with Crippen LogP contribution in [0, 0.1) is 6.92 Å². The smallest absolute Gasteiger partial charge is 0.274 e. The predicted octanol–water partition coefficient (Wildman–Crippen LogP) is 2.85. The van der Waals surface area contributed by atoms with E-state index in [4.69, 9.17) is 11.6 Å². The topological polar surface area (TPSA) is 89.9 Å². The third-order valence-electron chi connectivity index (χ3n) is 2.13. The number of aryl methyl sites for hydroxylation is 1. The second-order valence-corrected chi connectivity index (χ2v) is 3.83. The van der Waals surface area contributed by atoms with E-state index in [2.05, 4.69) is 15.3 Å². The van der Waals surface area contributed by atoms with Crippen molar-refractivity contribution in [1.29, 1.82) is 0 Å². The van der Waals surface area contributed by atoms with Gasteiger partial charge in [0.2, 0.25) is 0 Å². The first-order valence-electron chi connectivity index (χ1n) is 5.02. The van der Waals surface area contributed by atoms with Gasteiger partial charge in [-0.2, -0.15) is 0 Å². The van der Waals surface area contributed by atoms with E-state index < -0.39 is 0 Å². The molecular weight excluding hydrogens is 252 g/mol. The predicted molar refractivity (Wildman–Crippen MR) is 71.2 cm³/mol. The van der Waals surface area contributed by atoms with E-state index in [0.29, 0.717) is 22.2 Å². The van der Waals surface area contributed by atoms with Crippen molar-refractivity contribution in [3.05, 3.63) is 53.1 Å². The summed E-state index contributed by atoms with van der Waals surface area (Å²) in [4.78, 5) is 19.8. The van der Waals surface area contributed by atoms with Crippen LogP contribution in [-0.4, -0.2) is 15.9 Å². The van der Waals surface area contributed by atoms with Crippen LogP contribution in [0.5, 0.6) is 0 Å². The van der Waals surface area contributed by atoms with Gasteiger partial charge in [-0.05, 0) is 25.1 Å². The number of halogens is 1. The van der Waals surface area contributed by atoms with E-state index in [0.717, 1.165) is 0 Å². The molecule has 0 bridgehead atoms. The van der Waals surface area contributed by atoms with E-state index >= 15 is 0 Å². The summed E-state index contributed by atoms with van der Waals surface area (Å²) < 4.78 is 0.